The number of nitrogens with two attached hydrogens (primary N) is 1. The van der Waals surface area contributed by atoms with Crippen LogP contribution in [-0.2, 0) is 0 Å². The summed E-state index contributed by atoms with van der Waals surface area (Å²) < 4.78 is 0. The number of hydrazine groups is 1. The quantitative estimate of drug-likeness (QED) is 0.512. The molecular formula is C10H17N5. The monoisotopic (exact) mass is 207 g/mol. The molecular weight excluding hydrogens is 190 g/mol. The molecule has 0 bridgehead atoms. The normalized spacial score (nSPS) is 17.3. The number of nitrogens with one attached hydrogen (secondary N) is 2. The predicted molar refractivity (Wildman–Crippen MR) is 60.4 cm³/mol. The lowest BCUT2D eigenvalue weighted by molar-refractivity contribution is 0.609. The van der Waals surface area contributed by atoms with Crippen molar-refractivity contribution >= 4 is 11.8 Å². The maximum atomic E-state index is 5.26. The zero-order valence-electron chi connectivity index (χ0n) is 9.17. The summed E-state index contributed by atoms with van der Waals surface area (Å²) in [6.45, 7) is 5.23. The van der Waals surface area contributed by atoms with Gasteiger partial charge in [0.15, 0.2) is 0 Å². The number of hydrogen-bond donors (Lipinski definition) is 3. The second-order valence-corrected chi connectivity index (χ2v) is 4.53. The first-order valence-electron chi connectivity index (χ1n) is 5.17. The van der Waals surface area contributed by atoms with Crippen LogP contribution in [0.5, 0.6) is 0 Å². The number of nitrogens with zero attached hydrogens (tertiary/aromatic N) is 2. The zero-order valence-corrected chi connectivity index (χ0v) is 9.17. The molecule has 1 aromatic rings. The van der Waals surface area contributed by atoms with Crippen molar-refractivity contribution < 1.29 is 0 Å². The van der Waals surface area contributed by atoms with Gasteiger partial charge in [-0.15, -0.1) is 0 Å². The molecule has 5 nitrogen and oxygen atoms in total. The van der Waals surface area contributed by atoms with Crippen LogP contribution in [0.3, 0.4) is 0 Å². The SMILES string of the molecule is Cc1cnc(NN)nc1NCC1(C)CC1. The molecule has 0 atom stereocenters. The Labute approximate surface area is 89.5 Å². The van der Waals surface area contributed by atoms with Crippen LogP contribution in [0.25, 0.3) is 0 Å². The molecule has 0 aliphatic heterocycles. The molecule has 0 amide bonds. The van der Waals surface area contributed by atoms with Crippen LogP contribution in [0.1, 0.15) is 25.3 Å². The first-order chi connectivity index (χ1) is 7.13. The number of rotatable bonds is 4. The van der Waals surface area contributed by atoms with Gasteiger partial charge in [0, 0.05) is 18.3 Å². The van der Waals surface area contributed by atoms with E-state index >= 15 is 0 Å². The van der Waals surface area contributed by atoms with Gasteiger partial charge in [0.05, 0.1) is 0 Å². The minimum atomic E-state index is 0.448. The molecule has 1 saturated carbocycles. The van der Waals surface area contributed by atoms with Crippen molar-refractivity contribution in [3.05, 3.63) is 11.8 Å². The Hall–Kier alpha value is -1.36. The molecule has 0 aromatic carbocycles. The lowest BCUT2D eigenvalue weighted by Crippen LogP contribution is -2.16. The predicted octanol–water partition coefficient (Wildman–Crippen LogP) is 1.28. The third-order valence-electron chi connectivity index (χ3n) is 2.89. The van der Waals surface area contributed by atoms with Crippen molar-refractivity contribution in [1.82, 2.24) is 9.97 Å². The molecule has 1 aliphatic carbocycles. The van der Waals surface area contributed by atoms with Gasteiger partial charge in [-0.25, -0.2) is 10.8 Å². The number of nitrogen functional groups attached to an aromatic ring is 1. The molecule has 1 heterocycles. The van der Waals surface area contributed by atoms with E-state index in [2.05, 4.69) is 27.6 Å². The summed E-state index contributed by atoms with van der Waals surface area (Å²) in [4.78, 5) is 8.29. The Kier molecular flexibility index (Phi) is 2.48. The van der Waals surface area contributed by atoms with Crippen LogP contribution in [0.2, 0.25) is 0 Å². The highest BCUT2D eigenvalue weighted by Gasteiger charge is 2.36. The Balaban J connectivity index is 2.05. The van der Waals surface area contributed by atoms with Gasteiger partial charge in [-0.05, 0) is 25.2 Å². The van der Waals surface area contributed by atoms with Gasteiger partial charge in [-0.2, -0.15) is 4.98 Å². The molecule has 0 spiro atoms. The van der Waals surface area contributed by atoms with Gasteiger partial charge in [0.25, 0.3) is 0 Å². The van der Waals surface area contributed by atoms with Crippen molar-refractivity contribution in [2.24, 2.45) is 11.3 Å². The van der Waals surface area contributed by atoms with Gasteiger partial charge in [0.2, 0.25) is 5.95 Å². The van der Waals surface area contributed by atoms with E-state index in [1.54, 1.807) is 6.20 Å². The lowest BCUT2D eigenvalue weighted by atomic mass is 10.1. The molecule has 1 aromatic heterocycles. The Morgan fingerprint density at radius 2 is 2.27 bits per heavy atom. The van der Waals surface area contributed by atoms with Gasteiger partial charge < -0.3 is 5.32 Å². The van der Waals surface area contributed by atoms with Crippen LogP contribution in [0, 0.1) is 12.3 Å². The van der Waals surface area contributed by atoms with Gasteiger partial charge >= 0.3 is 0 Å². The highest BCUT2D eigenvalue weighted by Crippen LogP contribution is 2.44. The van der Waals surface area contributed by atoms with E-state index in [4.69, 9.17) is 5.84 Å². The van der Waals surface area contributed by atoms with E-state index in [9.17, 15) is 0 Å². The fourth-order valence-electron chi connectivity index (χ4n) is 1.38. The molecule has 0 radical (unpaired) electrons. The van der Waals surface area contributed by atoms with Crippen molar-refractivity contribution in [3.63, 3.8) is 0 Å². The van der Waals surface area contributed by atoms with E-state index in [1.807, 2.05) is 6.92 Å². The second kappa shape index (κ2) is 3.66. The molecule has 15 heavy (non-hydrogen) atoms. The standard InChI is InChI=1S/C10H17N5/c1-7-5-12-9(15-11)14-8(7)13-6-10(2)3-4-10/h5H,3-4,6,11H2,1-2H3,(H2,12,13,14,15). The number of hydrogen-bond acceptors (Lipinski definition) is 5. The van der Waals surface area contributed by atoms with Crippen molar-refractivity contribution in [1.29, 1.82) is 0 Å². The average Bonchev–Trinajstić information content (AvgIpc) is 2.96. The topological polar surface area (TPSA) is 75.9 Å². The summed E-state index contributed by atoms with van der Waals surface area (Å²) in [5.74, 6) is 6.58. The van der Waals surface area contributed by atoms with Crippen molar-refractivity contribution in [3.8, 4) is 0 Å². The van der Waals surface area contributed by atoms with Crippen molar-refractivity contribution in [2.45, 2.75) is 26.7 Å². The van der Waals surface area contributed by atoms with E-state index in [0.29, 0.717) is 11.4 Å². The summed E-state index contributed by atoms with van der Waals surface area (Å²) in [6, 6.07) is 0. The molecule has 4 N–H and O–H groups in total. The summed E-state index contributed by atoms with van der Waals surface area (Å²) in [5, 5.41) is 3.34. The minimum absolute atomic E-state index is 0.448. The number of anilines is 2. The molecule has 2 rings (SSSR count). The van der Waals surface area contributed by atoms with Crippen LogP contribution in [-0.4, -0.2) is 16.5 Å². The van der Waals surface area contributed by atoms with E-state index < -0.39 is 0 Å². The van der Waals surface area contributed by atoms with Crippen LogP contribution < -0.4 is 16.6 Å². The first kappa shape index (κ1) is 10.2. The van der Waals surface area contributed by atoms with E-state index in [0.717, 1.165) is 17.9 Å². The average molecular weight is 207 g/mol. The lowest BCUT2D eigenvalue weighted by Gasteiger charge is -2.12. The number of aryl methyl sites for hydroxylation is 1. The van der Waals surface area contributed by atoms with Crippen LogP contribution >= 0.6 is 0 Å². The van der Waals surface area contributed by atoms with Gasteiger partial charge in [0.1, 0.15) is 5.82 Å². The largest absolute Gasteiger partial charge is 0.369 e. The molecule has 0 unspecified atom stereocenters. The Morgan fingerprint density at radius 1 is 1.53 bits per heavy atom. The summed E-state index contributed by atoms with van der Waals surface area (Å²) in [5.41, 5.74) is 3.95. The molecule has 0 saturated heterocycles. The first-order valence-corrected chi connectivity index (χ1v) is 5.17. The fraction of sp³-hybridized carbons (Fsp3) is 0.600. The van der Waals surface area contributed by atoms with Crippen LogP contribution in [0.4, 0.5) is 11.8 Å². The molecule has 82 valence electrons. The number of aromatic nitrogens is 2. The molecule has 5 heteroatoms. The Morgan fingerprint density at radius 3 is 2.87 bits per heavy atom. The van der Waals surface area contributed by atoms with Crippen LogP contribution in [0.15, 0.2) is 6.20 Å². The third kappa shape index (κ3) is 2.36. The minimum Gasteiger partial charge on any atom is -0.369 e. The molecule has 1 aliphatic rings. The maximum absolute atomic E-state index is 5.26. The Bertz CT molecular complexity index is 359. The fourth-order valence-corrected chi connectivity index (χ4v) is 1.38. The van der Waals surface area contributed by atoms with Gasteiger partial charge in [-0.1, -0.05) is 6.92 Å². The summed E-state index contributed by atoms with van der Waals surface area (Å²) in [6.07, 6.45) is 4.36. The molecule has 1 fully saturated rings. The maximum Gasteiger partial charge on any atom is 0.239 e. The van der Waals surface area contributed by atoms with Gasteiger partial charge in [-0.3, -0.25) is 5.43 Å². The highest BCUT2D eigenvalue weighted by atomic mass is 15.3. The summed E-state index contributed by atoms with van der Waals surface area (Å²) >= 11 is 0. The second-order valence-electron chi connectivity index (χ2n) is 4.53. The third-order valence-corrected chi connectivity index (χ3v) is 2.89. The summed E-state index contributed by atoms with van der Waals surface area (Å²) in [7, 11) is 0. The smallest absolute Gasteiger partial charge is 0.239 e. The van der Waals surface area contributed by atoms with Crippen molar-refractivity contribution in [2.75, 3.05) is 17.3 Å². The van der Waals surface area contributed by atoms with E-state index in [1.165, 1.54) is 12.8 Å². The van der Waals surface area contributed by atoms with E-state index in [-0.39, 0.29) is 0 Å². The zero-order chi connectivity index (χ0) is 10.9. The highest BCUT2D eigenvalue weighted by molar-refractivity contribution is 5.46.